The van der Waals surface area contributed by atoms with E-state index in [1.807, 2.05) is 0 Å². The summed E-state index contributed by atoms with van der Waals surface area (Å²) in [7, 11) is 0. The highest BCUT2D eigenvalue weighted by atomic mass is 19.4. The number of hydrogen-bond donors (Lipinski definition) is 1. The molecule has 21 heavy (non-hydrogen) atoms. The van der Waals surface area contributed by atoms with Crippen LogP contribution in [-0.4, -0.2) is 18.6 Å². The van der Waals surface area contributed by atoms with Crippen LogP contribution in [0.1, 0.15) is 44.6 Å². The number of fused-ring (bicyclic) bond motifs is 1. The number of hydrogen-bond acceptors (Lipinski definition) is 2. The first-order chi connectivity index (χ1) is 9.96. The Balaban J connectivity index is 1.98. The molecule has 0 aromatic heterocycles. The Labute approximate surface area is 123 Å². The van der Waals surface area contributed by atoms with Crippen molar-refractivity contribution in [3.63, 3.8) is 0 Å². The lowest BCUT2D eigenvalue weighted by Crippen LogP contribution is -2.57. The lowest BCUT2D eigenvalue weighted by Gasteiger charge is -2.51. The van der Waals surface area contributed by atoms with Crippen LogP contribution >= 0.6 is 0 Å². The zero-order chi connectivity index (χ0) is 15.1. The van der Waals surface area contributed by atoms with Crippen molar-refractivity contribution in [1.29, 1.82) is 0 Å². The Morgan fingerprint density at radius 2 is 1.90 bits per heavy atom. The first-order valence-corrected chi connectivity index (χ1v) is 7.69. The molecular weight excluding hydrogens is 277 g/mol. The number of nitrogens with one attached hydrogen (secondary N) is 1. The molecule has 3 rings (SSSR count). The Kier molecular flexibility index (Phi) is 3.54. The number of benzene rings is 1. The molecule has 1 aliphatic carbocycles. The van der Waals surface area contributed by atoms with Crippen LogP contribution in [0.15, 0.2) is 18.2 Å². The molecule has 1 saturated carbocycles. The van der Waals surface area contributed by atoms with Gasteiger partial charge in [-0.25, -0.2) is 0 Å². The van der Waals surface area contributed by atoms with Gasteiger partial charge in [0.1, 0.15) is 0 Å². The molecule has 1 fully saturated rings. The largest absolute Gasteiger partial charge is 0.416 e. The topological polar surface area (TPSA) is 15.3 Å². The average Bonchev–Trinajstić information content (AvgIpc) is 2.47. The second-order valence-electron chi connectivity index (χ2n) is 6.11. The molecule has 5 heteroatoms. The molecule has 1 N–H and O–H groups in total. The summed E-state index contributed by atoms with van der Waals surface area (Å²) >= 11 is 0. The molecule has 2 nitrogen and oxygen atoms in total. The number of alkyl halides is 3. The van der Waals surface area contributed by atoms with Gasteiger partial charge in [0, 0.05) is 13.1 Å². The summed E-state index contributed by atoms with van der Waals surface area (Å²) in [4.78, 5) is 2.32. The van der Waals surface area contributed by atoms with Gasteiger partial charge in [-0.1, -0.05) is 19.3 Å². The normalized spacial score (nSPS) is 21.0. The van der Waals surface area contributed by atoms with Crippen molar-refractivity contribution in [2.45, 2.75) is 50.7 Å². The van der Waals surface area contributed by atoms with Gasteiger partial charge in [0.15, 0.2) is 0 Å². The van der Waals surface area contributed by atoms with Gasteiger partial charge >= 0.3 is 6.18 Å². The fraction of sp³-hybridized carbons (Fsp3) is 0.625. The van der Waals surface area contributed by atoms with Gasteiger partial charge in [-0.05, 0) is 38.0 Å². The fourth-order valence-electron chi connectivity index (χ4n) is 3.86. The van der Waals surface area contributed by atoms with E-state index in [-0.39, 0.29) is 5.54 Å². The molecule has 1 aromatic rings. The van der Waals surface area contributed by atoms with E-state index in [4.69, 9.17) is 0 Å². The molecule has 1 aromatic carbocycles. The molecule has 2 aliphatic rings. The fourth-order valence-corrected chi connectivity index (χ4v) is 3.86. The van der Waals surface area contributed by atoms with Crippen LogP contribution in [-0.2, 0) is 6.18 Å². The first kappa shape index (κ1) is 14.5. The van der Waals surface area contributed by atoms with Crippen LogP contribution in [0.3, 0.4) is 0 Å². The van der Waals surface area contributed by atoms with E-state index in [9.17, 15) is 13.2 Å². The predicted octanol–water partition coefficient (Wildman–Crippen LogP) is 4.66. The van der Waals surface area contributed by atoms with E-state index in [2.05, 4.69) is 17.1 Å². The quantitative estimate of drug-likeness (QED) is 0.811. The van der Waals surface area contributed by atoms with E-state index in [1.54, 1.807) is 6.07 Å². The second-order valence-corrected chi connectivity index (χ2v) is 6.11. The molecule has 116 valence electrons. The molecule has 0 atom stereocenters. The van der Waals surface area contributed by atoms with Crippen LogP contribution in [0.4, 0.5) is 24.5 Å². The van der Waals surface area contributed by atoms with Crippen molar-refractivity contribution in [3.8, 4) is 0 Å². The van der Waals surface area contributed by atoms with Gasteiger partial charge in [0.25, 0.3) is 0 Å². The van der Waals surface area contributed by atoms with Crippen molar-refractivity contribution in [2.75, 3.05) is 23.3 Å². The Morgan fingerprint density at radius 3 is 2.52 bits per heavy atom. The third-order valence-electron chi connectivity index (χ3n) is 4.90. The predicted molar refractivity (Wildman–Crippen MR) is 78.8 cm³/mol. The van der Waals surface area contributed by atoms with E-state index in [0.717, 1.165) is 31.6 Å². The van der Waals surface area contributed by atoms with Crippen molar-refractivity contribution < 1.29 is 13.2 Å². The van der Waals surface area contributed by atoms with Crippen LogP contribution in [0.25, 0.3) is 0 Å². The van der Waals surface area contributed by atoms with Gasteiger partial charge in [0.05, 0.1) is 22.5 Å². The summed E-state index contributed by atoms with van der Waals surface area (Å²) in [6.45, 7) is 3.67. The number of anilines is 2. The number of halogens is 3. The van der Waals surface area contributed by atoms with Gasteiger partial charge in [0.2, 0.25) is 0 Å². The Bertz CT molecular complexity index is 519. The highest BCUT2D eigenvalue weighted by Crippen LogP contribution is 2.44. The summed E-state index contributed by atoms with van der Waals surface area (Å²) in [5, 5.41) is 3.26. The maximum Gasteiger partial charge on any atom is 0.416 e. The Hall–Kier alpha value is -1.39. The monoisotopic (exact) mass is 298 g/mol. The molecule has 1 spiro atoms. The van der Waals surface area contributed by atoms with Gasteiger partial charge in [-0.2, -0.15) is 13.2 Å². The Morgan fingerprint density at radius 1 is 1.19 bits per heavy atom. The third-order valence-corrected chi connectivity index (χ3v) is 4.90. The van der Waals surface area contributed by atoms with Crippen molar-refractivity contribution in [2.24, 2.45) is 0 Å². The van der Waals surface area contributed by atoms with Crippen molar-refractivity contribution >= 4 is 11.4 Å². The standard InChI is InChI=1S/C16H21F3N2/c1-2-21-14-7-6-12(16(17,18)19)10-13(14)20-11-15(21)8-4-3-5-9-15/h6-7,10,20H,2-5,8-9,11H2,1H3. The number of likely N-dealkylation sites (N-methyl/N-ethyl adjacent to an activating group) is 1. The number of nitrogens with zero attached hydrogens (tertiary/aromatic N) is 1. The van der Waals surface area contributed by atoms with E-state index >= 15 is 0 Å². The molecule has 1 heterocycles. The molecule has 0 saturated heterocycles. The van der Waals surface area contributed by atoms with E-state index in [1.165, 1.54) is 31.4 Å². The molecule has 1 aliphatic heterocycles. The van der Waals surface area contributed by atoms with Gasteiger partial charge in [-0.3, -0.25) is 0 Å². The molecular formula is C16H21F3N2. The van der Waals surface area contributed by atoms with Gasteiger partial charge in [-0.15, -0.1) is 0 Å². The summed E-state index contributed by atoms with van der Waals surface area (Å²) in [5.41, 5.74) is 1.03. The lowest BCUT2D eigenvalue weighted by atomic mass is 9.78. The van der Waals surface area contributed by atoms with Crippen LogP contribution in [0.2, 0.25) is 0 Å². The molecule has 0 radical (unpaired) electrons. The molecule has 0 amide bonds. The zero-order valence-corrected chi connectivity index (χ0v) is 12.3. The van der Waals surface area contributed by atoms with E-state index in [0.29, 0.717) is 5.69 Å². The minimum Gasteiger partial charge on any atom is -0.381 e. The van der Waals surface area contributed by atoms with E-state index < -0.39 is 11.7 Å². The maximum atomic E-state index is 12.8. The second kappa shape index (κ2) is 5.11. The van der Waals surface area contributed by atoms with Crippen molar-refractivity contribution in [1.82, 2.24) is 0 Å². The smallest absolute Gasteiger partial charge is 0.381 e. The summed E-state index contributed by atoms with van der Waals surface area (Å²) in [6, 6.07) is 4.07. The highest BCUT2D eigenvalue weighted by molar-refractivity contribution is 5.75. The van der Waals surface area contributed by atoms with Crippen LogP contribution in [0, 0.1) is 0 Å². The maximum absolute atomic E-state index is 12.8. The lowest BCUT2D eigenvalue weighted by molar-refractivity contribution is -0.137. The van der Waals surface area contributed by atoms with Gasteiger partial charge < -0.3 is 10.2 Å². The molecule has 0 unspecified atom stereocenters. The number of rotatable bonds is 1. The van der Waals surface area contributed by atoms with Crippen molar-refractivity contribution in [3.05, 3.63) is 23.8 Å². The van der Waals surface area contributed by atoms with Crippen LogP contribution < -0.4 is 10.2 Å². The average molecular weight is 298 g/mol. The zero-order valence-electron chi connectivity index (χ0n) is 12.3. The summed E-state index contributed by atoms with van der Waals surface area (Å²) < 4.78 is 38.5. The van der Waals surface area contributed by atoms with Crippen LogP contribution in [0.5, 0.6) is 0 Å². The summed E-state index contributed by atoms with van der Waals surface area (Å²) in [6.07, 6.45) is 1.62. The summed E-state index contributed by atoms with van der Waals surface area (Å²) in [5.74, 6) is 0. The minimum atomic E-state index is -4.28. The third kappa shape index (κ3) is 2.47. The first-order valence-electron chi connectivity index (χ1n) is 7.69. The highest BCUT2D eigenvalue weighted by Gasteiger charge is 2.41. The minimum absolute atomic E-state index is 0.0831. The SMILES string of the molecule is CCN1c2ccc(C(F)(F)F)cc2NCC12CCCCC2. The molecule has 0 bridgehead atoms.